The molecule has 33 heavy (non-hydrogen) atoms. The highest BCUT2D eigenvalue weighted by Gasteiger charge is 2.42. The van der Waals surface area contributed by atoms with Gasteiger partial charge in [-0.2, -0.15) is 0 Å². The summed E-state index contributed by atoms with van der Waals surface area (Å²) in [5, 5.41) is 15.0. The van der Waals surface area contributed by atoms with Crippen LogP contribution in [0.3, 0.4) is 0 Å². The Bertz CT molecular complexity index is 1080. The summed E-state index contributed by atoms with van der Waals surface area (Å²) < 4.78 is 0. The molecule has 0 spiro atoms. The first kappa shape index (κ1) is 22.9. The van der Waals surface area contributed by atoms with E-state index in [0.717, 1.165) is 54.6 Å². The summed E-state index contributed by atoms with van der Waals surface area (Å²) in [6.45, 7) is 3.74. The van der Waals surface area contributed by atoms with Crippen molar-refractivity contribution in [2.75, 3.05) is 13.1 Å². The highest BCUT2D eigenvalue weighted by molar-refractivity contribution is 5.97. The van der Waals surface area contributed by atoms with Gasteiger partial charge in [0.1, 0.15) is 5.54 Å². The van der Waals surface area contributed by atoms with Crippen LogP contribution in [0, 0.1) is 11.3 Å². The van der Waals surface area contributed by atoms with Crippen molar-refractivity contribution in [2.45, 2.75) is 38.1 Å². The van der Waals surface area contributed by atoms with Crippen molar-refractivity contribution in [3.63, 3.8) is 0 Å². The van der Waals surface area contributed by atoms with Crippen LogP contribution in [0.5, 0.6) is 0 Å². The first-order chi connectivity index (χ1) is 16.1. The predicted molar refractivity (Wildman–Crippen MR) is 133 cm³/mol. The Kier molecular flexibility index (Phi) is 7.30. The van der Waals surface area contributed by atoms with Gasteiger partial charge in [0.15, 0.2) is 5.78 Å². The highest BCUT2D eigenvalue weighted by atomic mass is 16.1. The van der Waals surface area contributed by atoms with Crippen molar-refractivity contribution in [3.8, 4) is 11.1 Å². The number of hydrogen-bond acceptors (Lipinski definition) is 4. The summed E-state index contributed by atoms with van der Waals surface area (Å²) in [5.41, 5.74) is 2.58. The number of carbonyl (C=O) groups excluding carboxylic acids is 1. The fraction of sp³-hybridized carbons (Fsp3) is 0.321. The van der Waals surface area contributed by atoms with Gasteiger partial charge in [-0.05, 0) is 79.6 Å². The molecule has 1 saturated heterocycles. The maximum absolute atomic E-state index is 14.1. The Morgan fingerprint density at radius 2 is 1.76 bits per heavy atom. The molecule has 0 aliphatic carbocycles. The number of benzene rings is 2. The number of carbonyl (C=O) groups is 1. The average Bonchev–Trinajstić information content (AvgIpc) is 2.87. The lowest BCUT2D eigenvalue weighted by Crippen LogP contribution is -2.52. The minimum atomic E-state index is -1.11. The minimum Gasteiger partial charge on any atom is -0.355 e. The number of piperidine rings is 1. The van der Waals surface area contributed by atoms with Gasteiger partial charge in [-0.15, -0.1) is 0 Å². The molecular formula is C28H32N4O. The molecule has 1 aliphatic heterocycles. The third-order valence-corrected chi connectivity index (χ3v) is 6.53. The van der Waals surface area contributed by atoms with E-state index in [4.69, 9.17) is 5.41 Å². The number of Topliss-reactive ketones (excluding diaryl/α,β-unsaturated/α-hetero) is 1. The van der Waals surface area contributed by atoms with Crippen LogP contribution in [0.1, 0.15) is 43.7 Å². The quantitative estimate of drug-likeness (QED) is 0.343. The van der Waals surface area contributed by atoms with E-state index in [1.54, 1.807) is 13.1 Å². The fourth-order valence-corrected chi connectivity index (χ4v) is 4.83. The Labute approximate surface area is 196 Å². The van der Waals surface area contributed by atoms with Crippen LogP contribution < -0.4 is 10.6 Å². The van der Waals surface area contributed by atoms with Crippen molar-refractivity contribution in [2.24, 2.45) is 5.92 Å². The molecule has 4 rings (SSSR count). The Hall–Kier alpha value is -3.31. The number of aromatic nitrogens is 1. The number of ketones is 1. The molecule has 1 atom stereocenters. The maximum Gasteiger partial charge on any atom is 0.167 e. The van der Waals surface area contributed by atoms with E-state index < -0.39 is 5.54 Å². The van der Waals surface area contributed by atoms with Crippen LogP contribution in [0.4, 0.5) is 0 Å². The van der Waals surface area contributed by atoms with Gasteiger partial charge >= 0.3 is 0 Å². The Morgan fingerprint density at radius 3 is 2.45 bits per heavy atom. The van der Waals surface area contributed by atoms with Crippen LogP contribution >= 0.6 is 0 Å². The number of nitrogens with one attached hydrogen (secondary N) is 3. The van der Waals surface area contributed by atoms with Crippen LogP contribution in [0.15, 0.2) is 79.1 Å². The van der Waals surface area contributed by atoms with E-state index in [1.165, 1.54) is 0 Å². The van der Waals surface area contributed by atoms with Crippen LogP contribution in [0.25, 0.3) is 11.1 Å². The molecule has 2 aromatic carbocycles. The van der Waals surface area contributed by atoms with Gasteiger partial charge in [0, 0.05) is 18.8 Å². The monoisotopic (exact) mass is 440 g/mol. The van der Waals surface area contributed by atoms with Crippen molar-refractivity contribution in [3.05, 3.63) is 90.3 Å². The molecule has 0 amide bonds. The molecule has 0 bridgehead atoms. The van der Waals surface area contributed by atoms with Crippen LogP contribution in [-0.2, 0) is 10.3 Å². The molecule has 1 fully saturated rings. The molecule has 1 unspecified atom stereocenters. The number of rotatable bonds is 8. The molecule has 0 radical (unpaired) electrons. The molecule has 5 nitrogen and oxygen atoms in total. The molecule has 1 aliphatic rings. The molecule has 1 aromatic heterocycles. The van der Waals surface area contributed by atoms with Crippen molar-refractivity contribution in [1.29, 1.82) is 5.41 Å². The lowest BCUT2D eigenvalue weighted by atomic mass is 9.76. The summed E-state index contributed by atoms with van der Waals surface area (Å²) in [6, 6.07) is 21.8. The second kappa shape index (κ2) is 10.5. The van der Waals surface area contributed by atoms with E-state index in [-0.39, 0.29) is 11.6 Å². The SMILES string of the molecule is CC(=N)NC(C(=O)CCC1CCNCC1)(c1ccccc1)c1cccc(-c2cccnc2)c1. The minimum absolute atomic E-state index is 0.0992. The molecule has 5 heteroatoms. The zero-order chi connectivity index (χ0) is 23.1. The normalized spacial score (nSPS) is 16.0. The van der Waals surface area contributed by atoms with Gasteiger partial charge in [0.05, 0.1) is 5.84 Å². The van der Waals surface area contributed by atoms with E-state index >= 15 is 0 Å². The largest absolute Gasteiger partial charge is 0.355 e. The van der Waals surface area contributed by atoms with E-state index in [0.29, 0.717) is 12.3 Å². The van der Waals surface area contributed by atoms with E-state index in [9.17, 15) is 4.79 Å². The van der Waals surface area contributed by atoms with Crippen LogP contribution in [0.2, 0.25) is 0 Å². The molecular weight excluding hydrogens is 408 g/mol. The van der Waals surface area contributed by atoms with Gasteiger partial charge in [0.2, 0.25) is 0 Å². The van der Waals surface area contributed by atoms with Gasteiger partial charge < -0.3 is 10.6 Å². The molecule has 170 valence electrons. The summed E-state index contributed by atoms with van der Waals surface area (Å²) in [6.07, 6.45) is 7.15. The van der Waals surface area contributed by atoms with E-state index in [1.807, 2.05) is 66.9 Å². The second-order valence-electron chi connectivity index (χ2n) is 8.84. The number of hydrogen-bond donors (Lipinski definition) is 3. The van der Waals surface area contributed by atoms with Crippen molar-refractivity contribution < 1.29 is 4.79 Å². The standard InChI is InChI=1S/C28H32N4O/c1-21(29)32-28(25-9-3-2-4-10-25,27(33)13-12-22-14-17-30-18-15-22)26-11-5-7-23(19-26)24-8-6-16-31-20-24/h2-11,16,19-20,22,30H,12-15,17-18H2,1H3,(H2,29,32). The fourth-order valence-electron chi connectivity index (χ4n) is 4.83. The van der Waals surface area contributed by atoms with E-state index in [2.05, 4.69) is 21.7 Å². The summed E-state index contributed by atoms with van der Waals surface area (Å²) in [7, 11) is 0. The van der Waals surface area contributed by atoms with Crippen molar-refractivity contribution in [1.82, 2.24) is 15.6 Å². The molecule has 0 saturated carbocycles. The first-order valence-electron chi connectivity index (χ1n) is 11.7. The Balaban J connectivity index is 1.78. The average molecular weight is 441 g/mol. The van der Waals surface area contributed by atoms with Crippen LogP contribution in [-0.4, -0.2) is 29.7 Å². The number of pyridine rings is 1. The molecule has 3 N–H and O–H groups in total. The van der Waals surface area contributed by atoms with Gasteiger partial charge in [-0.1, -0.05) is 54.6 Å². The van der Waals surface area contributed by atoms with Gasteiger partial charge in [-0.3, -0.25) is 15.2 Å². The third kappa shape index (κ3) is 5.20. The van der Waals surface area contributed by atoms with Crippen molar-refractivity contribution >= 4 is 11.6 Å². The first-order valence-corrected chi connectivity index (χ1v) is 11.7. The molecule has 3 aromatic rings. The highest BCUT2D eigenvalue weighted by Crippen LogP contribution is 2.35. The Morgan fingerprint density at radius 1 is 1.03 bits per heavy atom. The summed E-state index contributed by atoms with van der Waals surface area (Å²) in [4.78, 5) is 18.4. The number of amidine groups is 1. The third-order valence-electron chi connectivity index (χ3n) is 6.53. The lowest BCUT2D eigenvalue weighted by molar-refractivity contribution is -0.124. The topological polar surface area (TPSA) is 77.9 Å². The maximum atomic E-state index is 14.1. The van der Waals surface area contributed by atoms with Gasteiger partial charge in [-0.25, -0.2) is 0 Å². The smallest absolute Gasteiger partial charge is 0.167 e. The predicted octanol–water partition coefficient (Wildman–Crippen LogP) is 4.93. The zero-order valence-corrected chi connectivity index (χ0v) is 19.2. The number of nitrogens with zero attached hydrogens (tertiary/aromatic N) is 1. The second-order valence-corrected chi connectivity index (χ2v) is 8.84. The summed E-state index contributed by atoms with van der Waals surface area (Å²) >= 11 is 0. The molecule has 2 heterocycles. The zero-order valence-electron chi connectivity index (χ0n) is 19.2. The lowest BCUT2D eigenvalue weighted by Gasteiger charge is -2.36. The summed E-state index contributed by atoms with van der Waals surface area (Å²) in [5.74, 6) is 0.925. The van der Waals surface area contributed by atoms with Gasteiger partial charge in [0.25, 0.3) is 0 Å².